The number of nitrogens with zero attached hydrogens (tertiary/aromatic N) is 1. The van der Waals surface area contributed by atoms with Gasteiger partial charge in [0, 0.05) is 17.5 Å². The molecule has 0 spiro atoms. The molecule has 3 nitrogen and oxygen atoms in total. The Bertz CT molecular complexity index is 545. The highest BCUT2D eigenvalue weighted by molar-refractivity contribution is 7.12. The van der Waals surface area contributed by atoms with Crippen molar-refractivity contribution in [3.63, 3.8) is 0 Å². The lowest BCUT2D eigenvalue weighted by atomic mass is 10.1. The van der Waals surface area contributed by atoms with E-state index in [4.69, 9.17) is 5.26 Å². The number of benzene rings is 1. The molecule has 0 saturated heterocycles. The summed E-state index contributed by atoms with van der Waals surface area (Å²) in [6.45, 7) is 0.787. The van der Waals surface area contributed by atoms with Crippen LogP contribution in [-0.2, 0) is 13.0 Å². The first-order valence-electron chi connectivity index (χ1n) is 6.19. The standard InChI is InChI=1S/C15H16N2OS/c16-9-14-6-7-15(19-14)10-17-13(11-18)8-12-4-2-1-3-5-12/h1-7,13,17-18H,8,10-11H2/t13-/m0/s1. The Morgan fingerprint density at radius 2 is 2.00 bits per heavy atom. The average Bonchev–Trinajstić information content (AvgIpc) is 2.92. The summed E-state index contributed by atoms with van der Waals surface area (Å²) in [6.07, 6.45) is 0.799. The molecule has 2 rings (SSSR count). The van der Waals surface area contributed by atoms with Gasteiger partial charge < -0.3 is 10.4 Å². The van der Waals surface area contributed by atoms with E-state index in [0.29, 0.717) is 6.54 Å². The quantitative estimate of drug-likeness (QED) is 0.848. The highest BCUT2D eigenvalue weighted by atomic mass is 32.1. The maximum atomic E-state index is 9.41. The molecule has 0 aliphatic heterocycles. The second-order valence-electron chi connectivity index (χ2n) is 4.33. The van der Waals surface area contributed by atoms with Crippen molar-refractivity contribution in [1.29, 1.82) is 5.26 Å². The monoisotopic (exact) mass is 272 g/mol. The van der Waals surface area contributed by atoms with Crippen LogP contribution >= 0.6 is 11.3 Å². The summed E-state index contributed by atoms with van der Waals surface area (Å²) < 4.78 is 0. The van der Waals surface area contributed by atoms with Gasteiger partial charge in [-0.2, -0.15) is 5.26 Å². The smallest absolute Gasteiger partial charge is 0.110 e. The summed E-state index contributed by atoms with van der Waals surface area (Å²) in [5.74, 6) is 0. The largest absolute Gasteiger partial charge is 0.395 e. The van der Waals surface area contributed by atoms with Gasteiger partial charge in [0.2, 0.25) is 0 Å². The van der Waals surface area contributed by atoms with Crippen LogP contribution in [0.15, 0.2) is 42.5 Å². The fourth-order valence-electron chi connectivity index (χ4n) is 1.88. The van der Waals surface area contributed by atoms with Gasteiger partial charge >= 0.3 is 0 Å². The molecule has 0 amide bonds. The van der Waals surface area contributed by atoms with Crippen LogP contribution in [-0.4, -0.2) is 17.8 Å². The molecular formula is C15H16N2OS. The maximum Gasteiger partial charge on any atom is 0.110 e. The molecule has 1 aromatic carbocycles. The first-order chi connectivity index (χ1) is 9.31. The minimum Gasteiger partial charge on any atom is -0.395 e. The number of nitriles is 1. The van der Waals surface area contributed by atoms with Crippen molar-refractivity contribution in [2.45, 2.75) is 19.0 Å². The first-order valence-corrected chi connectivity index (χ1v) is 7.00. The summed E-state index contributed by atoms with van der Waals surface area (Å²) in [5, 5.41) is 21.5. The molecule has 4 heteroatoms. The van der Waals surface area contributed by atoms with E-state index in [1.807, 2.05) is 30.3 Å². The lowest BCUT2D eigenvalue weighted by Crippen LogP contribution is -2.33. The van der Waals surface area contributed by atoms with Crippen molar-refractivity contribution in [3.8, 4) is 6.07 Å². The molecule has 1 atom stereocenters. The van der Waals surface area contributed by atoms with Gasteiger partial charge in [0.15, 0.2) is 0 Å². The van der Waals surface area contributed by atoms with E-state index in [1.165, 1.54) is 16.9 Å². The van der Waals surface area contributed by atoms with Gasteiger partial charge in [-0.15, -0.1) is 11.3 Å². The summed E-state index contributed by atoms with van der Waals surface area (Å²) in [5.41, 5.74) is 1.21. The summed E-state index contributed by atoms with van der Waals surface area (Å²) in [4.78, 5) is 1.84. The molecule has 2 aromatic rings. The lowest BCUT2D eigenvalue weighted by molar-refractivity contribution is 0.241. The Morgan fingerprint density at radius 1 is 1.21 bits per heavy atom. The third kappa shape index (κ3) is 4.18. The van der Waals surface area contributed by atoms with Crippen molar-refractivity contribution in [1.82, 2.24) is 5.32 Å². The van der Waals surface area contributed by atoms with Crippen LogP contribution in [0, 0.1) is 11.3 Å². The van der Waals surface area contributed by atoms with Gasteiger partial charge in [0.05, 0.1) is 6.61 Å². The fourth-order valence-corrected chi connectivity index (χ4v) is 2.63. The number of aliphatic hydroxyl groups is 1. The van der Waals surface area contributed by atoms with Crippen LogP contribution in [0.2, 0.25) is 0 Å². The van der Waals surface area contributed by atoms with Crippen molar-refractivity contribution in [2.24, 2.45) is 0 Å². The normalized spacial score (nSPS) is 12.0. The number of aliphatic hydroxyl groups excluding tert-OH is 1. The van der Waals surface area contributed by atoms with Gasteiger partial charge in [-0.25, -0.2) is 0 Å². The van der Waals surface area contributed by atoms with E-state index < -0.39 is 0 Å². The Morgan fingerprint density at radius 3 is 2.63 bits per heavy atom. The van der Waals surface area contributed by atoms with E-state index >= 15 is 0 Å². The van der Waals surface area contributed by atoms with E-state index in [2.05, 4.69) is 23.5 Å². The number of hydrogen-bond donors (Lipinski definition) is 2. The molecule has 1 aromatic heterocycles. The molecule has 0 radical (unpaired) electrons. The predicted molar refractivity (Wildman–Crippen MR) is 76.9 cm³/mol. The highest BCUT2D eigenvalue weighted by Crippen LogP contribution is 2.15. The number of hydrogen-bond acceptors (Lipinski definition) is 4. The zero-order valence-electron chi connectivity index (χ0n) is 10.5. The lowest BCUT2D eigenvalue weighted by Gasteiger charge is -2.15. The maximum absolute atomic E-state index is 9.41. The predicted octanol–water partition coefficient (Wildman–Crippen LogP) is 2.31. The van der Waals surface area contributed by atoms with E-state index in [9.17, 15) is 5.11 Å². The van der Waals surface area contributed by atoms with Gasteiger partial charge in [-0.3, -0.25) is 0 Å². The van der Waals surface area contributed by atoms with Crippen LogP contribution in [0.1, 0.15) is 15.3 Å². The Hall–Kier alpha value is -1.67. The minimum atomic E-state index is 0.0371. The summed E-state index contributed by atoms with van der Waals surface area (Å²) in [7, 11) is 0. The van der Waals surface area contributed by atoms with Crippen molar-refractivity contribution in [3.05, 3.63) is 57.8 Å². The number of rotatable bonds is 6. The molecule has 0 bridgehead atoms. The van der Waals surface area contributed by atoms with Crippen molar-refractivity contribution >= 4 is 11.3 Å². The Balaban J connectivity index is 1.87. The van der Waals surface area contributed by atoms with Crippen LogP contribution < -0.4 is 5.32 Å². The topological polar surface area (TPSA) is 56.0 Å². The number of thiophene rings is 1. The van der Waals surface area contributed by atoms with E-state index in [1.54, 1.807) is 0 Å². The van der Waals surface area contributed by atoms with E-state index in [-0.39, 0.29) is 12.6 Å². The summed E-state index contributed by atoms with van der Waals surface area (Å²) in [6, 6.07) is 16.1. The van der Waals surface area contributed by atoms with Gasteiger partial charge in [0.25, 0.3) is 0 Å². The Labute approximate surface area is 117 Å². The highest BCUT2D eigenvalue weighted by Gasteiger charge is 2.08. The van der Waals surface area contributed by atoms with Gasteiger partial charge in [0.1, 0.15) is 10.9 Å². The second kappa shape index (κ2) is 7.05. The van der Waals surface area contributed by atoms with Crippen LogP contribution in [0.5, 0.6) is 0 Å². The molecule has 98 valence electrons. The third-order valence-electron chi connectivity index (χ3n) is 2.88. The van der Waals surface area contributed by atoms with Crippen molar-refractivity contribution < 1.29 is 5.11 Å². The fraction of sp³-hybridized carbons (Fsp3) is 0.267. The molecule has 1 heterocycles. The molecule has 0 aliphatic rings. The molecule has 0 fully saturated rings. The van der Waals surface area contributed by atoms with Crippen LogP contribution in [0.3, 0.4) is 0 Å². The molecular weight excluding hydrogens is 256 g/mol. The first kappa shape index (κ1) is 13.8. The third-order valence-corrected chi connectivity index (χ3v) is 3.87. The average molecular weight is 272 g/mol. The molecule has 19 heavy (non-hydrogen) atoms. The molecule has 2 N–H and O–H groups in total. The zero-order valence-corrected chi connectivity index (χ0v) is 11.4. The molecule has 0 saturated carbocycles. The van der Waals surface area contributed by atoms with Crippen LogP contribution in [0.4, 0.5) is 0 Å². The van der Waals surface area contributed by atoms with Gasteiger partial charge in [-0.1, -0.05) is 30.3 Å². The zero-order chi connectivity index (χ0) is 13.5. The molecule has 0 aliphatic carbocycles. The SMILES string of the molecule is N#Cc1ccc(CN[C@H](CO)Cc2ccccc2)s1. The number of nitrogens with one attached hydrogen (secondary N) is 1. The Kier molecular flexibility index (Phi) is 5.10. The van der Waals surface area contributed by atoms with Crippen molar-refractivity contribution in [2.75, 3.05) is 6.61 Å². The van der Waals surface area contributed by atoms with E-state index in [0.717, 1.165) is 16.2 Å². The molecule has 0 unspecified atom stereocenters. The van der Waals surface area contributed by atoms with Gasteiger partial charge in [-0.05, 0) is 24.1 Å². The summed E-state index contributed by atoms with van der Waals surface area (Å²) >= 11 is 1.49. The van der Waals surface area contributed by atoms with Crippen LogP contribution in [0.25, 0.3) is 0 Å². The second-order valence-corrected chi connectivity index (χ2v) is 5.50. The minimum absolute atomic E-state index is 0.0371.